The number of aryl methyl sites for hydroxylation is 1. The molecule has 2 fully saturated rings. The normalized spacial score (nSPS) is 25.0. The maximum absolute atomic E-state index is 12.2. The van der Waals surface area contributed by atoms with Crippen molar-refractivity contribution >= 4 is 11.8 Å². The van der Waals surface area contributed by atoms with Crippen LogP contribution in [0.1, 0.15) is 12.0 Å². The second-order valence-electron chi connectivity index (χ2n) is 7.54. The van der Waals surface area contributed by atoms with E-state index in [1.807, 2.05) is 6.07 Å². The number of hydrogen-bond donors (Lipinski definition) is 2. The van der Waals surface area contributed by atoms with Crippen LogP contribution in [0.5, 0.6) is 5.75 Å². The van der Waals surface area contributed by atoms with Crippen LogP contribution in [0.15, 0.2) is 54.6 Å². The van der Waals surface area contributed by atoms with Crippen LogP contribution in [-0.2, 0) is 20.6 Å². The van der Waals surface area contributed by atoms with Crippen LogP contribution >= 0.6 is 0 Å². The molecule has 0 aliphatic carbocycles. The highest BCUT2D eigenvalue weighted by Gasteiger charge is 2.49. The van der Waals surface area contributed by atoms with Gasteiger partial charge in [-0.15, -0.1) is 0 Å². The molecular formula is C23H28N2O5. The minimum atomic E-state index is -0.516. The molecule has 4 unspecified atom stereocenters. The van der Waals surface area contributed by atoms with Crippen molar-refractivity contribution in [1.82, 2.24) is 5.32 Å². The molecular weight excluding hydrogens is 384 g/mol. The van der Waals surface area contributed by atoms with Crippen molar-refractivity contribution < 1.29 is 23.7 Å². The predicted molar refractivity (Wildman–Crippen MR) is 113 cm³/mol. The van der Waals surface area contributed by atoms with Gasteiger partial charge in [-0.25, -0.2) is 4.79 Å². The maximum atomic E-state index is 12.2. The van der Waals surface area contributed by atoms with Gasteiger partial charge >= 0.3 is 6.09 Å². The molecule has 7 nitrogen and oxygen atoms in total. The quantitative estimate of drug-likeness (QED) is 0.649. The van der Waals surface area contributed by atoms with Gasteiger partial charge in [0.2, 0.25) is 0 Å². The molecule has 0 saturated carbocycles. The number of benzene rings is 2. The van der Waals surface area contributed by atoms with Gasteiger partial charge in [0, 0.05) is 5.69 Å². The second kappa shape index (κ2) is 9.93. The fourth-order valence-electron chi connectivity index (χ4n) is 3.92. The molecule has 2 aliphatic heterocycles. The number of fused-ring (bicyclic) bond motifs is 1. The summed E-state index contributed by atoms with van der Waals surface area (Å²) in [5.41, 5.74) is 1.98. The van der Waals surface area contributed by atoms with Crippen LogP contribution in [0, 0.1) is 0 Å². The first-order valence-electron chi connectivity index (χ1n) is 10.3. The Morgan fingerprint density at radius 2 is 1.80 bits per heavy atom. The minimum Gasteiger partial charge on any atom is -0.497 e. The van der Waals surface area contributed by atoms with Crippen molar-refractivity contribution in [1.29, 1.82) is 0 Å². The first-order chi connectivity index (χ1) is 14.7. The fraction of sp³-hybridized carbons (Fsp3) is 0.435. The Hall–Kier alpha value is -2.61. The first kappa shape index (κ1) is 20.7. The van der Waals surface area contributed by atoms with Crippen molar-refractivity contribution in [2.75, 3.05) is 32.2 Å². The third kappa shape index (κ3) is 5.11. The molecule has 160 valence electrons. The first-order valence-corrected chi connectivity index (χ1v) is 10.3. The van der Waals surface area contributed by atoms with E-state index >= 15 is 0 Å². The zero-order valence-corrected chi connectivity index (χ0v) is 17.1. The number of carbonyl (C=O) groups is 1. The third-order valence-electron chi connectivity index (χ3n) is 5.49. The molecule has 0 spiro atoms. The van der Waals surface area contributed by atoms with Gasteiger partial charge in [0.25, 0.3) is 0 Å². The summed E-state index contributed by atoms with van der Waals surface area (Å²) in [4.78, 5) is 12.2. The number of hydrogen-bond acceptors (Lipinski definition) is 6. The van der Waals surface area contributed by atoms with Crippen LogP contribution in [0.25, 0.3) is 0 Å². The van der Waals surface area contributed by atoms with Gasteiger partial charge in [-0.05, 0) is 49.2 Å². The van der Waals surface area contributed by atoms with Gasteiger partial charge in [0.05, 0.1) is 26.4 Å². The van der Waals surface area contributed by atoms with Gasteiger partial charge in [0.1, 0.15) is 18.0 Å². The van der Waals surface area contributed by atoms with Crippen LogP contribution in [0.3, 0.4) is 0 Å². The Labute approximate surface area is 176 Å². The average Bonchev–Trinajstić information content (AvgIpc) is 3.36. The standard InChI is InChI=1S/C23H28N2O5/c1-27-18-11-9-17(10-12-18)25-23(26)30-20-15-29-21-19(14-28-22(20)21)24-13-5-8-16-6-3-2-4-7-16/h2-4,6-7,9-12,19-22,24H,5,8,13-15H2,1H3,(H,25,26). The topological polar surface area (TPSA) is 78.1 Å². The van der Waals surface area contributed by atoms with Gasteiger partial charge in [0.15, 0.2) is 6.10 Å². The molecule has 1 amide bonds. The smallest absolute Gasteiger partial charge is 0.412 e. The summed E-state index contributed by atoms with van der Waals surface area (Å²) in [5, 5.41) is 6.26. The van der Waals surface area contributed by atoms with Crippen molar-refractivity contribution in [3.63, 3.8) is 0 Å². The third-order valence-corrected chi connectivity index (χ3v) is 5.49. The van der Waals surface area contributed by atoms with Crippen molar-refractivity contribution in [3.05, 3.63) is 60.2 Å². The average molecular weight is 412 g/mol. The number of methoxy groups -OCH3 is 1. The van der Waals surface area contributed by atoms with E-state index in [1.165, 1.54) is 5.56 Å². The lowest BCUT2D eigenvalue weighted by atomic mass is 10.1. The van der Waals surface area contributed by atoms with E-state index in [0.29, 0.717) is 18.9 Å². The largest absolute Gasteiger partial charge is 0.497 e. The number of nitrogens with one attached hydrogen (secondary N) is 2. The zero-order chi connectivity index (χ0) is 20.8. The summed E-state index contributed by atoms with van der Waals surface area (Å²) >= 11 is 0. The van der Waals surface area contributed by atoms with E-state index in [-0.39, 0.29) is 18.2 Å². The molecule has 7 heteroatoms. The van der Waals surface area contributed by atoms with Crippen molar-refractivity contribution in [2.24, 2.45) is 0 Å². The van der Waals surface area contributed by atoms with Gasteiger partial charge < -0.3 is 24.3 Å². The molecule has 2 aromatic rings. The Morgan fingerprint density at radius 1 is 1.03 bits per heavy atom. The molecule has 2 N–H and O–H groups in total. The Morgan fingerprint density at radius 3 is 2.57 bits per heavy atom. The molecule has 0 radical (unpaired) electrons. The lowest BCUT2D eigenvalue weighted by Crippen LogP contribution is -2.42. The van der Waals surface area contributed by atoms with E-state index in [2.05, 4.69) is 34.9 Å². The Bertz CT molecular complexity index is 814. The Kier molecular flexibility index (Phi) is 6.84. The summed E-state index contributed by atoms with van der Waals surface area (Å²) in [6, 6.07) is 17.6. The van der Waals surface area contributed by atoms with Crippen molar-refractivity contribution in [3.8, 4) is 5.75 Å². The number of carbonyl (C=O) groups excluding carboxylic acids is 1. The summed E-state index contributed by atoms with van der Waals surface area (Å²) < 4.78 is 22.5. The lowest BCUT2D eigenvalue weighted by molar-refractivity contribution is 0.00857. The molecule has 4 rings (SSSR count). The number of ether oxygens (including phenoxy) is 4. The molecule has 2 heterocycles. The fourth-order valence-corrected chi connectivity index (χ4v) is 3.92. The lowest BCUT2D eigenvalue weighted by Gasteiger charge is -2.18. The molecule has 0 bridgehead atoms. The second-order valence-corrected chi connectivity index (χ2v) is 7.54. The van der Waals surface area contributed by atoms with Crippen LogP contribution in [0.4, 0.5) is 10.5 Å². The summed E-state index contributed by atoms with van der Waals surface area (Å²) in [6.07, 6.45) is 0.816. The zero-order valence-electron chi connectivity index (χ0n) is 17.1. The highest BCUT2D eigenvalue weighted by molar-refractivity contribution is 5.84. The predicted octanol–water partition coefficient (Wildman–Crippen LogP) is 3.00. The molecule has 2 saturated heterocycles. The van der Waals surface area contributed by atoms with E-state index in [9.17, 15) is 4.79 Å². The highest BCUT2D eigenvalue weighted by atomic mass is 16.6. The van der Waals surface area contributed by atoms with Crippen LogP contribution in [-0.4, -0.2) is 57.3 Å². The molecule has 4 atom stereocenters. The number of amides is 1. The van der Waals surface area contributed by atoms with Gasteiger partial charge in [-0.2, -0.15) is 0 Å². The summed E-state index contributed by atoms with van der Waals surface area (Å²) in [5.74, 6) is 0.725. The van der Waals surface area contributed by atoms with Gasteiger partial charge in [-0.3, -0.25) is 5.32 Å². The van der Waals surface area contributed by atoms with Crippen LogP contribution in [0.2, 0.25) is 0 Å². The minimum absolute atomic E-state index is 0.0967. The highest BCUT2D eigenvalue weighted by Crippen LogP contribution is 2.29. The van der Waals surface area contributed by atoms with Crippen LogP contribution < -0.4 is 15.4 Å². The van der Waals surface area contributed by atoms with E-state index in [1.54, 1.807) is 31.4 Å². The molecule has 0 aromatic heterocycles. The summed E-state index contributed by atoms with van der Waals surface area (Å²) in [6.45, 7) is 1.78. The Balaban J connectivity index is 1.20. The van der Waals surface area contributed by atoms with E-state index < -0.39 is 12.2 Å². The molecule has 2 aliphatic rings. The number of anilines is 1. The molecule has 2 aromatic carbocycles. The SMILES string of the molecule is COc1ccc(NC(=O)OC2COC3C(NCCCc4ccccc4)COC23)cc1. The summed E-state index contributed by atoms with van der Waals surface area (Å²) in [7, 11) is 1.60. The molecule has 30 heavy (non-hydrogen) atoms. The number of rotatable bonds is 8. The van der Waals surface area contributed by atoms with Crippen molar-refractivity contribution in [2.45, 2.75) is 37.2 Å². The van der Waals surface area contributed by atoms with E-state index in [0.717, 1.165) is 25.1 Å². The van der Waals surface area contributed by atoms with E-state index in [4.69, 9.17) is 18.9 Å². The maximum Gasteiger partial charge on any atom is 0.412 e. The monoisotopic (exact) mass is 412 g/mol. The van der Waals surface area contributed by atoms with Gasteiger partial charge in [-0.1, -0.05) is 30.3 Å².